The van der Waals surface area contributed by atoms with Crippen LogP contribution in [-0.4, -0.2) is 41.5 Å². The number of phenols is 1. The molecule has 2 aromatic carbocycles. The van der Waals surface area contributed by atoms with Crippen molar-refractivity contribution < 1.29 is 14.3 Å². The number of piperazine rings is 1. The fourth-order valence-electron chi connectivity index (χ4n) is 3.84. The van der Waals surface area contributed by atoms with Crippen molar-refractivity contribution in [2.24, 2.45) is 0 Å². The third-order valence-electron chi connectivity index (χ3n) is 5.43. The van der Waals surface area contributed by atoms with Crippen LogP contribution < -0.4 is 10.9 Å². The Kier molecular flexibility index (Phi) is 5.74. The van der Waals surface area contributed by atoms with Gasteiger partial charge in [-0.1, -0.05) is 30.3 Å². The van der Waals surface area contributed by atoms with E-state index in [9.17, 15) is 14.7 Å². The lowest BCUT2D eigenvalue weighted by Crippen LogP contribution is -2.50. The summed E-state index contributed by atoms with van der Waals surface area (Å²) < 4.78 is 5.23. The number of nitrogens with one attached hydrogen (secondary N) is 1. The third-order valence-corrected chi connectivity index (χ3v) is 5.43. The molecule has 6 heteroatoms. The minimum absolute atomic E-state index is 0.0167. The molecule has 1 unspecified atom stereocenters. The predicted octanol–water partition coefficient (Wildman–Crippen LogP) is 2.94. The van der Waals surface area contributed by atoms with Crippen LogP contribution in [0.2, 0.25) is 0 Å². The van der Waals surface area contributed by atoms with Gasteiger partial charge >= 0.3 is 5.63 Å². The highest BCUT2D eigenvalue weighted by molar-refractivity contribution is 5.98. The van der Waals surface area contributed by atoms with Crippen LogP contribution in [0.15, 0.2) is 63.8 Å². The highest BCUT2D eigenvalue weighted by Crippen LogP contribution is 2.21. The first kappa shape index (κ1) is 19.4. The molecule has 0 aliphatic carbocycles. The first-order valence-corrected chi connectivity index (χ1v) is 9.89. The molecule has 0 saturated carbocycles. The van der Waals surface area contributed by atoms with Gasteiger partial charge in [0.2, 0.25) is 0 Å². The Morgan fingerprint density at radius 2 is 2.00 bits per heavy atom. The van der Waals surface area contributed by atoms with E-state index >= 15 is 0 Å². The standard InChI is InChI=1S/C23H24N2O4/c26-19-8-6-17-12-20(23(28)29-22(17)13-19)21(27)9-7-18-14-24-10-11-25(18)15-16-4-2-1-3-5-16/h1-6,8,12-13,18,24,26H,7,9-11,14-15H2. The number of carbonyl (C=O) groups is 1. The van der Waals surface area contributed by atoms with Gasteiger partial charge in [-0.05, 0) is 30.2 Å². The number of nitrogens with zero attached hydrogens (tertiary/aromatic N) is 1. The minimum atomic E-state index is -0.656. The van der Waals surface area contributed by atoms with E-state index in [4.69, 9.17) is 4.42 Å². The molecule has 29 heavy (non-hydrogen) atoms. The number of carbonyl (C=O) groups excluding carboxylic acids is 1. The van der Waals surface area contributed by atoms with Gasteiger partial charge in [0.05, 0.1) is 0 Å². The molecule has 150 valence electrons. The highest BCUT2D eigenvalue weighted by Gasteiger charge is 2.24. The van der Waals surface area contributed by atoms with Gasteiger partial charge < -0.3 is 14.8 Å². The fourth-order valence-corrected chi connectivity index (χ4v) is 3.84. The first-order valence-electron chi connectivity index (χ1n) is 9.89. The van der Waals surface area contributed by atoms with Gasteiger partial charge in [0, 0.05) is 50.1 Å². The van der Waals surface area contributed by atoms with E-state index in [-0.39, 0.29) is 35.1 Å². The summed E-state index contributed by atoms with van der Waals surface area (Å²) in [6.07, 6.45) is 0.956. The summed E-state index contributed by atoms with van der Waals surface area (Å²) in [6.45, 7) is 3.53. The molecule has 4 rings (SSSR count). The van der Waals surface area contributed by atoms with Crippen LogP contribution in [0.3, 0.4) is 0 Å². The maximum absolute atomic E-state index is 12.7. The molecule has 2 heterocycles. The molecule has 1 aliphatic rings. The summed E-state index contributed by atoms with van der Waals surface area (Å²) in [5.74, 6) is -0.193. The molecule has 0 bridgehead atoms. The van der Waals surface area contributed by atoms with E-state index in [1.165, 1.54) is 17.7 Å². The average Bonchev–Trinajstić information content (AvgIpc) is 2.73. The summed E-state index contributed by atoms with van der Waals surface area (Å²) in [5.41, 5.74) is 0.943. The Balaban J connectivity index is 1.45. The molecule has 2 N–H and O–H groups in total. The Bertz CT molecular complexity index is 1060. The minimum Gasteiger partial charge on any atom is -0.508 e. The maximum Gasteiger partial charge on any atom is 0.347 e. The van der Waals surface area contributed by atoms with Gasteiger partial charge in [0.15, 0.2) is 5.78 Å². The molecule has 0 radical (unpaired) electrons. The van der Waals surface area contributed by atoms with Crippen LogP contribution in [0.25, 0.3) is 11.0 Å². The van der Waals surface area contributed by atoms with Crippen LogP contribution in [0.1, 0.15) is 28.8 Å². The predicted molar refractivity (Wildman–Crippen MR) is 111 cm³/mol. The lowest BCUT2D eigenvalue weighted by molar-refractivity contribution is 0.0938. The quantitative estimate of drug-likeness (QED) is 0.496. The van der Waals surface area contributed by atoms with Gasteiger partial charge in [0.1, 0.15) is 16.9 Å². The second-order valence-electron chi connectivity index (χ2n) is 7.45. The fraction of sp³-hybridized carbons (Fsp3) is 0.304. The Morgan fingerprint density at radius 3 is 2.83 bits per heavy atom. The van der Waals surface area contributed by atoms with Crippen molar-refractivity contribution >= 4 is 16.8 Å². The normalized spacial score (nSPS) is 17.4. The molecule has 1 aliphatic heterocycles. The van der Waals surface area contributed by atoms with Crippen molar-refractivity contribution in [3.63, 3.8) is 0 Å². The topological polar surface area (TPSA) is 82.8 Å². The first-order chi connectivity index (χ1) is 14.1. The number of Topliss-reactive ketones (excluding diaryl/α,β-unsaturated/α-hetero) is 1. The summed E-state index contributed by atoms with van der Waals surface area (Å²) in [7, 11) is 0. The SMILES string of the molecule is O=C(CCC1CNCCN1Cc1ccccc1)c1cc2ccc(O)cc2oc1=O. The number of fused-ring (bicyclic) bond motifs is 1. The number of hydrogen-bond acceptors (Lipinski definition) is 6. The Hall–Kier alpha value is -2.96. The number of benzene rings is 2. The number of phenolic OH excluding ortho intramolecular Hbond substituents is 1. The zero-order valence-corrected chi connectivity index (χ0v) is 16.1. The molecular weight excluding hydrogens is 368 g/mol. The van der Waals surface area contributed by atoms with E-state index in [2.05, 4.69) is 22.3 Å². The van der Waals surface area contributed by atoms with E-state index < -0.39 is 5.63 Å². The highest BCUT2D eigenvalue weighted by atomic mass is 16.4. The van der Waals surface area contributed by atoms with Crippen molar-refractivity contribution in [2.75, 3.05) is 19.6 Å². The lowest BCUT2D eigenvalue weighted by atomic mass is 10.0. The third kappa shape index (κ3) is 4.55. The van der Waals surface area contributed by atoms with Crippen LogP contribution in [0.4, 0.5) is 0 Å². The van der Waals surface area contributed by atoms with Gasteiger partial charge in [-0.2, -0.15) is 0 Å². The number of aromatic hydroxyl groups is 1. The molecule has 3 aromatic rings. The van der Waals surface area contributed by atoms with Gasteiger partial charge in [0.25, 0.3) is 0 Å². The van der Waals surface area contributed by atoms with Crippen LogP contribution >= 0.6 is 0 Å². The molecule has 1 saturated heterocycles. The number of rotatable bonds is 6. The molecule has 1 aromatic heterocycles. The van der Waals surface area contributed by atoms with E-state index in [0.29, 0.717) is 11.8 Å². The van der Waals surface area contributed by atoms with Crippen LogP contribution in [0, 0.1) is 0 Å². The smallest absolute Gasteiger partial charge is 0.347 e. The summed E-state index contributed by atoms with van der Waals surface area (Å²) in [6, 6.07) is 16.6. The van der Waals surface area contributed by atoms with Gasteiger partial charge in [-0.15, -0.1) is 0 Å². The van der Waals surface area contributed by atoms with Crippen LogP contribution in [0.5, 0.6) is 5.75 Å². The van der Waals surface area contributed by atoms with Gasteiger partial charge in [-0.25, -0.2) is 4.79 Å². The second-order valence-corrected chi connectivity index (χ2v) is 7.45. The van der Waals surface area contributed by atoms with Crippen LogP contribution in [-0.2, 0) is 6.54 Å². The maximum atomic E-state index is 12.7. The second kappa shape index (κ2) is 8.59. The zero-order valence-electron chi connectivity index (χ0n) is 16.1. The monoisotopic (exact) mass is 392 g/mol. The van der Waals surface area contributed by atoms with Crippen molar-refractivity contribution in [3.05, 3.63) is 76.1 Å². The Morgan fingerprint density at radius 1 is 1.17 bits per heavy atom. The van der Waals surface area contributed by atoms with E-state index in [0.717, 1.165) is 26.2 Å². The van der Waals surface area contributed by atoms with Crippen molar-refractivity contribution in [3.8, 4) is 5.75 Å². The van der Waals surface area contributed by atoms with E-state index in [1.54, 1.807) is 12.1 Å². The molecule has 1 atom stereocenters. The Labute approximate surface area is 168 Å². The molecular formula is C23H24N2O4. The summed E-state index contributed by atoms with van der Waals surface area (Å²) >= 11 is 0. The molecule has 1 fully saturated rings. The lowest BCUT2D eigenvalue weighted by Gasteiger charge is -2.36. The molecule has 0 amide bonds. The number of ketones is 1. The molecule has 6 nitrogen and oxygen atoms in total. The summed E-state index contributed by atoms with van der Waals surface area (Å²) in [5, 5.41) is 13.5. The zero-order chi connectivity index (χ0) is 20.2. The van der Waals surface area contributed by atoms with Crippen molar-refractivity contribution in [2.45, 2.75) is 25.4 Å². The average molecular weight is 392 g/mol. The number of hydrogen-bond donors (Lipinski definition) is 2. The molecule has 0 spiro atoms. The van der Waals surface area contributed by atoms with Crippen molar-refractivity contribution in [1.82, 2.24) is 10.2 Å². The summed E-state index contributed by atoms with van der Waals surface area (Å²) in [4.78, 5) is 27.4. The van der Waals surface area contributed by atoms with Gasteiger partial charge in [-0.3, -0.25) is 9.69 Å². The largest absolute Gasteiger partial charge is 0.508 e. The van der Waals surface area contributed by atoms with E-state index in [1.807, 2.05) is 18.2 Å². The van der Waals surface area contributed by atoms with Crippen molar-refractivity contribution in [1.29, 1.82) is 0 Å².